The summed E-state index contributed by atoms with van der Waals surface area (Å²) in [5.41, 5.74) is 7.51. The van der Waals surface area contributed by atoms with E-state index in [0.717, 1.165) is 44.0 Å². The molecule has 37 heavy (non-hydrogen) atoms. The van der Waals surface area contributed by atoms with Gasteiger partial charge in [-0.05, 0) is 49.1 Å². The molecule has 1 heterocycles. The average molecular weight is 514 g/mol. The number of nitrogens with one attached hydrogen (secondary N) is 3. The van der Waals surface area contributed by atoms with Gasteiger partial charge in [0, 0.05) is 38.3 Å². The van der Waals surface area contributed by atoms with Crippen LogP contribution in [0.3, 0.4) is 0 Å². The van der Waals surface area contributed by atoms with Gasteiger partial charge in [-0.15, -0.1) is 0 Å². The predicted molar refractivity (Wildman–Crippen MR) is 142 cm³/mol. The first-order valence-corrected chi connectivity index (χ1v) is 12.6. The molecule has 0 aliphatic carbocycles. The first-order valence-electron chi connectivity index (χ1n) is 12.6. The zero-order chi connectivity index (χ0) is 26.8. The van der Waals surface area contributed by atoms with Crippen molar-refractivity contribution in [2.45, 2.75) is 38.3 Å². The predicted octanol–water partition coefficient (Wildman–Crippen LogP) is 1.52. The number of nitrogens with two attached hydrogens (primary N) is 1. The van der Waals surface area contributed by atoms with Crippen LogP contribution in [0.25, 0.3) is 0 Å². The van der Waals surface area contributed by atoms with Crippen LogP contribution in [-0.4, -0.2) is 78.5 Å². The van der Waals surface area contributed by atoms with Crippen LogP contribution in [0.4, 0.5) is 10.5 Å². The first kappa shape index (κ1) is 28.4. The Bertz CT molecular complexity index is 1060. The molecule has 202 valence electrons. The van der Waals surface area contributed by atoms with Crippen molar-refractivity contribution in [3.8, 4) is 5.75 Å². The molecule has 0 bridgehead atoms. The van der Waals surface area contributed by atoms with Crippen LogP contribution in [-0.2, 0) is 22.4 Å². The van der Waals surface area contributed by atoms with Crippen LogP contribution < -0.4 is 21.7 Å². The Morgan fingerprint density at radius 3 is 2.59 bits per heavy atom. The molecular weight excluding hydrogens is 474 g/mol. The molecule has 0 saturated carbocycles. The van der Waals surface area contributed by atoms with E-state index in [4.69, 9.17) is 10.5 Å². The molecular formula is C27H39N5O5. The fraction of sp³-hybridized carbons (Fsp3) is 0.481. The largest absolute Gasteiger partial charge is 0.506 e. The van der Waals surface area contributed by atoms with Crippen molar-refractivity contribution in [3.63, 3.8) is 0 Å². The number of β-amino-alcohol motifs (C(OH)–C–C–N with tert-alkyl or cyclic N) is 1. The molecule has 1 aliphatic heterocycles. The Balaban J connectivity index is 1.48. The minimum absolute atomic E-state index is 0.00464. The highest BCUT2D eigenvalue weighted by molar-refractivity contribution is 5.89. The van der Waals surface area contributed by atoms with Gasteiger partial charge in [-0.3, -0.25) is 9.69 Å². The van der Waals surface area contributed by atoms with Crippen molar-refractivity contribution >= 4 is 17.6 Å². The molecule has 2 aromatic carbocycles. The summed E-state index contributed by atoms with van der Waals surface area (Å²) in [5, 5.41) is 29.2. The van der Waals surface area contributed by atoms with E-state index >= 15 is 0 Å². The number of phenolic OH excluding ortho intramolecular Hbond substituents is 1. The van der Waals surface area contributed by atoms with Gasteiger partial charge < -0.3 is 36.6 Å². The summed E-state index contributed by atoms with van der Waals surface area (Å²) in [6.45, 7) is 9.10. The summed E-state index contributed by atoms with van der Waals surface area (Å²) in [4.78, 5) is 25.8. The van der Waals surface area contributed by atoms with Crippen LogP contribution in [0.5, 0.6) is 5.75 Å². The number of morpholine rings is 1. The van der Waals surface area contributed by atoms with Gasteiger partial charge in [0.2, 0.25) is 5.91 Å². The normalized spacial score (nSPS) is 15.2. The van der Waals surface area contributed by atoms with Gasteiger partial charge in [-0.2, -0.15) is 0 Å². The first-order chi connectivity index (χ1) is 17.6. The minimum atomic E-state index is -0.860. The highest BCUT2D eigenvalue weighted by Gasteiger charge is 2.21. The Morgan fingerprint density at radius 2 is 1.86 bits per heavy atom. The third-order valence-electron chi connectivity index (χ3n) is 6.29. The molecule has 1 aliphatic rings. The Labute approximate surface area is 218 Å². The van der Waals surface area contributed by atoms with Crippen molar-refractivity contribution < 1.29 is 24.5 Å². The van der Waals surface area contributed by atoms with E-state index in [-0.39, 0.29) is 29.4 Å². The number of carbonyl (C=O) groups excluding carboxylic acids is 2. The topological polar surface area (TPSA) is 149 Å². The van der Waals surface area contributed by atoms with Gasteiger partial charge in [0.25, 0.3) is 0 Å². The number of aliphatic hydroxyl groups excluding tert-OH is 1. The maximum absolute atomic E-state index is 12.4. The monoisotopic (exact) mass is 513 g/mol. The molecule has 7 N–H and O–H groups in total. The minimum Gasteiger partial charge on any atom is -0.506 e. The Morgan fingerprint density at radius 1 is 1.14 bits per heavy atom. The van der Waals surface area contributed by atoms with E-state index in [2.05, 4.69) is 20.9 Å². The molecule has 3 rings (SSSR count). The van der Waals surface area contributed by atoms with Crippen molar-refractivity contribution in [3.05, 3.63) is 59.2 Å². The van der Waals surface area contributed by atoms with Crippen LogP contribution in [0, 0.1) is 0 Å². The number of nitrogens with zero attached hydrogens (tertiary/aromatic N) is 1. The molecule has 0 unspecified atom stereocenters. The summed E-state index contributed by atoms with van der Waals surface area (Å²) in [6, 6.07) is 11.7. The maximum atomic E-state index is 12.4. The standard InChI is InChI=1S/C27H39N5O5/c1-27(2,30-18-24(34)21-6-7-23(33)22(16-21)31-26(28)36)17-20-5-3-4-19(14-20)15-25(35)29-8-9-32-10-12-37-13-11-32/h3-7,14,16,24,30,33-34H,8-13,15,17-18H2,1-2H3,(H,29,35)(H3,28,31,36)/t24-/m0/s1. The second-order valence-corrected chi connectivity index (χ2v) is 10.0. The van der Waals surface area contributed by atoms with Crippen molar-refractivity contribution in [1.82, 2.24) is 15.5 Å². The number of ether oxygens (including phenoxy) is 1. The molecule has 1 fully saturated rings. The second-order valence-electron chi connectivity index (χ2n) is 10.0. The average Bonchev–Trinajstić information content (AvgIpc) is 2.84. The van der Waals surface area contributed by atoms with E-state index in [1.165, 1.54) is 12.1 Å². The molecule has 0 radical (unpaired) electrons. The maximum Gasteiger partial charge on any atom is 0.316 e. The lowest BCUT2D eigenvalue weighted by atomic mass is 9.93. The number of rotatable bonds is 12. The van der Waals surface area contributed by atoms with E-state index in [1.807, 2.05) is 38.1 Å². The SMILES string of the molecule is CC(C)(Cc1cccc(CC(=O)NCCN2CCOCC2)c1)NC[C@H](O)c1ccc(O)c(NC(N)=O)c1. The number of hydrogen-bond donors (Lipinski definition) is 6. The Kier molecular flexibility index (Phi) is 10.3. The van der Waals surface area contributed by atoms with E-state index in [0.29, 0.717) is 24.9 Å². The zero-order valence-corrected chi connectivity index (χ0v) is 21.6. The number of primary amides is 1. The van der Waals surface area contributed by atoms with Gasteiger partial charge >= 0.3 is 6.03 Å². The van der Waals surface area contributed by atoms with Crippen LogP contribution >= 0.6 is 0 Å². The molecule has 0 aromatic heterocycles. The highest BCUT2D eigenvalue weighted by atomic mass is 16.5. The number of urea groups is 1. The lowest BCUT2D eigenvalue weighted by Crippen LogP contribution is -2.43. The molecule has 0 spiro atoms. The summed E-state index contributed by atoms with van der Waals surface area (Å²) in [7, 11) is 0. The lowest BCUT2D eigenvalue weighted by molar-refractivity contribution is -0.120. The Hall–Kier alpha value is -3.18. The highest BCUT2D eigenvalue weighted by Crippen LogP contribution is 2.27. The lowest BCUT2D eigenvalue weighted by Gasteiger charge is -2.28. The number of hydrogen-bond acceptors (Lipinski definition) is 7. The molecule has 10 heteroatoms. The third-order valence-corrected chi connectivity index (χ3v) is 6.29. The summed E-state index contributed by atoms with van der Waals surface area (Å²) in [5.74, 6) is -0.126. The summed E-state index contributed by atoms with van der Waals surface area (Å²) < 4.78 is 5.35. The zero-order valence-electron chi connectivity index (χ0n) is 21.6. The second kappa shape index (κ2) is 13.4. The van der Waals surface area contributed by atoms with Gasteiger partial charge in [-0.25, -0.2) is 4.79 Å². The fourth-order valence-corrected chi connectivity index (χ4v) is 4.33. The number of carbonyl (C=O) groups is 2. The van der Waals surface area contributed by atoms with Crippen LogP contribution in [0.15, 0.2) is 42.5 Å². The molecule has 10 nitrogen and oxygen atoms in total. The van der Waals surface area contributed by atoms with Gasteiger partial charge in [-0.1, -0.05) is 30.3 Å². The fourth-order valence-electron chi connectivity index (χ4n) is 4.33. The number of aromatic hydroxyl groups is 1. The number of aliphatic hydroxyl groups is 1. The number of amides is 3. The number of phenols is 1. The van der Waals surface area contributed by atoms with E-state index < -0.39 is 12.1 Å². The van der Waals surface area contributed by atoms with Gasteiger partial charge in [0.05, 0.1) is 31.4 Å². The van der Waals surface area contributed by atoms with E-state index in [9.17, 15) is 19.8 Å². The number of anilines is 1. The van der Waals surface area contributed by atoms with Crippen LogP contribution in [0.1, 0.15) is 36.6 Å². The molecule has 1 saturated heterocycles. The van der Waals surface area contributed by atoms with Gasteiger partial charge in [0.15, 0.2) is 0 Å². The molecule has 3 amide bonds. The molecule has 2 aromatic rings. The number of benzene rings is 2. The van der Waals surface area contributed by atoms with Crippen molar-refractivity contribution in [2.75, 3.05) is 51.3 Å². The van der Waals surface area contributed by atoms with Crippen LogP contribution in [0.2, 0.25) is 0 Å². The third kappa shape index (κ3) is 9.66. The summed E-state index contributed by atoms with van der Waals surface area (Å²) in [6.07, 6.45) is 0.156. The van der Waals surface area contributed by atoms with Gasteiger partial charge in [0.1, 0.15) is 5.75 Å². The van der Waals surface area contributed by atoms with E-state index in [1.54, 1.807) is 6.07 Å². The van der Waals surface area contributed by atoms with Crippen molar-refractivity contribution in [2.24, 2.45) is 5.73 Å². The smallest absolute Gasteiger partial charge is 0.316 e. The molecule has 1 atom stereocenters. The quantitative estimate of drug-likeness (QED) is 0.236. The summed E-state index contributed by atoms with van der Waals surface area (Å²) >= 11 is 0. The van der Waals surface area contributed by atoms with Crippen molar-refractivity contribution in [1.29, 1.82) is 0 Å².